The van der Waals surface area contributed by atoms with Crippen LogP contribution in [-0.4, -0.2) is 21.8 Å². The number of hydrogen-bond acceptors (Lipinski definition) is 5. The fourth-order valence-corrected chi connectivity index (χ4v) is 3.73. The molecule has 6 nitrogen and oxygen atoms in total. The first-order valence-electron chi connectivity index (χ1n) is 10.3. The molecule has 0 atom stereocenters. The summed E-state index contributed by atoms with van der Waals surface area (Å²) in [4.78, 5) is 17.9. The molecule has 2 heterocycles. The third-order valence-electron chi connectivity index (χ3n) is 5.70. The Balaban J connectivity index is 1.68. The summed E-state index contributed by atoms with van der Waals surface area (Å²) in [6.07, 6.45) is 1.75. The molecule has 0 spiro atoms. The number of ether oxygens (including phenoxy) is 1. The zero-order valence-corrected chi connectivity index (χ0v) is 18.0. The Morgan fingerprint density at radius 1 is 0.906 bits per heavy atom. The van der Waals surface area contributed by atoms with Gasteiger partial charge in [-0.2, -0.15) is 4.98 Å². The van der Waals surface area contributed by atoms with Crippen molar-refractivity contribution in [2.75, 3.05) is 7.11 Å². The fourth-order valence-electron chi connectivity index (χ4n) is 3.73. The Labute approximate surface area is 184 Å². The molecular formula is C26H21N3O3. The van der Waals surface area contributed by atoms with Gasteiger partial charge in [0, 0.05) is 28.2 Å². The predicted octanol–water partition coefficient (Wildman–Crippen LogP) is 5.33. The molecule has 158 valence electrons. The van der Waals surface area contributed by atoms with Gasteiger partial charge in [0.05, 0.1) is 12.7 Å². The number of nitrogens with zero attached hydrogens (tertiary/aromatic N) is 3. The highest BCUT2D eigenvalue weighted by molar-refractivity contribution is 5.94. The molecule has 0 radical (unpaired) electrons. The molecule has 5 aromatic rings. The third kappa shape index (κ3) is 3.36. The molecule has 0 aliphatic carbocycles. The van der Waals surface area contributed by atoms with E-state index in [9.17, 15) is 4.79 Å². The summed E-state index contributed by atoms with van der Waals surface area (Å²) in [6, 6.07) is 20.8. The van der Waals surface area contributed by atoms with Gasteiger partial charge in [0.15, 0.2) is 0 Å². The van der Waals surface area contributed by atoms with E-state index in [0.29, 0.717) is 22.7 Å². The van der Waals surface area contributed by atoms with E-state index in [4.69, 9.17) is 9.26 Å². The molecule has 0 bridgehead atoms. The van der Waals surface area contributed by atoms with E-state index in [2.05, 4.69) is 24.0 Å². The normalized spacial score (nSPS) is 11.1. The van der Waals surface area contributed by atoms with Crippen LogP contribution in [-0.2, 0) is 0 Å². The summed E-state index contributed by atoms with van der Waals surface area (Å²) in [5.41, 5.74) is 4.54. The Kier molecular flexibility index (Phi) is 4.82. The molecule has 0 fully saturated rings. The lowest BCUT2D eigenvalue weighted by Gasteiger charge is -2.11. The van der Waals surface area contributed by atoms with Gasteiger partial charge in [-0.3, -0.25) is 9.36 Å². The molecule has 3 aromatic carbocycles. The van der Waals surface area contributed by atoms with Gasteiger partial charge in [0.2, 0.25) is 5.82 Å². The van der Waals surface area contributed by atoms with Crippen LogP contribution in [0.25, 0.3) is 39.3 Å². The van der Waals surface area contributed by atoms with Crippen LogP contribution in [0.2, 0.25) is 0 Å². The lowest BCUT2D eigenvalue weighted by atomic mass is 10.1. The van der Waals surface area contributed by atoms with E-state index in [0.717, 1.165) is 28.0 Å². The quantitative estimate of drug-likeness (QED) is 0.391. The number of aromatic nitrogens is 3. The Morgan fingerprint density at radius 3 is 2.38 bits per heavy atom. The molecule has 5 rings (SSSR count). The molecule has 0 saturated heterocycles. The number of fused-ring (bicyclic) bond motifs is 1. The van der Waals surface area contributed by atoms with E-state index >= 15 is 0 Å². The van der Waals surface area contributed by atoms with E-state index in [1.807, 2.05) is 66.7 Å². The van der Waals surface area contributed by atoms with Crippen molar-refractivity contribution in [3.8, 4) is 34.3 Å². The topological polar surface area (TPSA) is 70.2 Å². The highest BCUT2D eigenvalue weighted by Gasteiger charge is 2.17. The average molecular weight is 423 g/mol. The second kappa shape index (κ2) is 7.81. The summed E-state index contributed by atoms with van der Waals surface area (Å²) in [5.74, 6) is 1.59. The first kappa shape index (κ1) is 19.8. The SMILES string of the molecule is COc1ccc(-n2cc(-c3nc(-c4ccc(C)c(C)c4)no3)c3ccccc3c2=O)cc1. The minimum atomic E-state index is -0.122. The van der Waals surface area contributed by atoms with Gasteiger partial charge in [0.25, 0.3) is 11.4 Å². The second-order valence-electron chi connectivity index (χ2n) is 7.68. The van der Waals surface area contributed by atoms with Gasteiger partial charge in [-0.05, 0) is 61.4 Å². The molecule has 6 heteroatoms. The molecule has 0 unspecified atom stereocenters. The average Bonchev–Trinajstić information content (AvgIpc) is 3.31. The summed E-state index contributed by atoms with van der Waals surface area (Å²) >= 11 is 0. The molecule has 32 heavy (non-hydrogen) atoms. The molecule has 2 aromatic heterocycles. The zero-order chi connectivity index (χ0) is 22.2. The molecule has 0 N–H and O–H groups in total. The highest BCUT2D eigenvalue weighted by atomic mass is 16.5. The minimum absolute atomic E-state index is 0.122. The van der Waals surface area contributed by atoms with Gasteiger partial charge in [-0.15, -0.1) is 0 Å². The molecular weight excluding hydrogens is 402 g/mol. The summed E-state index contributed by atoms with van der Waals surface area (Å²) < 4.78 is 12.5. The van der Waals surface area contributed by atoms with E-state index < -0.39 is 0 Å². The van der Waals surface area contributed by atoms with E-state index in [1.54, 1.807) is 17.9 Å². The van der Waals surface area contributed by atoms with Crippen molar-refractivity contribution in [1.82, 2.24) is 14.7 Å². The van der Waals surface area contributed by atoms with Crippen LogP contribution >= 0.6 is 0 Å². The number of rotatable bonds is 4. The minimum Gasteiger partial charge on any atom is -0.497 e. The van der Waals surface area contributed by atoms with Gasteiger partial charge >= 0.3 is 0 Å². The highest BCUT2D eigenvalue weighted by Crippen LogP contribution is 2.29. The van der Waals surface area contributed by atoms with Crippen LogP contribution in [0.15, 0.2) is 82.2 Å². The number of benzene rings is 3. The van der Waals surface area contributed by atoms with Crippen molar-refractivity contribution in [3.63, 3.8) is 0 Å². The van der Waals surface area contributed by atoms with Gasteiger partial charge in [-0.1, -0.05) is 35.5 Å². The van der Waals surface area contributed by atoms with E-state index in [1.165, 1.54) is 5.56 Å². The fraction of sp³-hybridized carbons (Fsp3) is 0.115. The van der Waals surface area contributed by atoms with Crippen LogP contribution in [0, 0.1) is 13.8 Å². The van der Waals surface area contributed by atoms with E-state index in [-0.39, 0.29) is 5.56 Å². The maximum Gasteiger partial charge on any atom is 0.262 e. The Hall–Kier alpha value is -4.19. The zero-order valence-electron chi connectivity index (χ0n) is 18.0. The van der Waals surface area contributed by atoms with Crippen molar-refractivity contribution in [2.24, 2.45) is 0 Å². The smallest absolute Gasteiger partial charge is 0.262 e. The summed E-state index contributed by atoms with van der Waals surface area (Å²) in [7, 11) is 1.61. The third-order valence-corrected chi connectivity index (χ3v) is 5.70. The lowest BCUT2D eigenvalue weighted by molar-refractivity contribution is 0.414. The number of methoxy groups -OCH3 is 1. The largest absolute Gasteiger partial charge is 0.497 e. The lowest BCUT2D eigenvalue weighted by Crippen LogP contribution is -2.18. The van der Waals surface area contributed by atoms with Crippen LogP contribution in [0.3, 0.4) is 0 Å². The number of hydrogen-bond donors (Lipinski definition) is 0. The van der Waals surface area contributed by atoms with Crippen molar-refractivity contribution in [3.05, 3.63) is 94.4 Å². The van der Waals surface area contributed by atoms with Crippen LogP contribution in [0.4, 0.5) is 0 Å². The van der Waals surface area contributed by atoms with Crippen LogP contribution in [0.1, 0.15) is 11.1 Å². The van der Waals surface area contributed by atoms with Crippen LogP contribution in [0.5, 0.6) is 5.75 Å². The monoisotopic (exact) mass is 423 g/mol. The summed E-state index contributed by atoms with van der Waals surface area (Å²) in [6.45, 7) is 4.12. The summed E-state index contributed by atoms with van der Waals surface area (Å²) in [5, 5.41) is 5.54. The Bertz CT molecular complexity index is 1500. The number of pyridine rings is 1. The van der Waals surface area contributed by atoms with Gasteiger partial charge in [0.1, 0.15) is 5.75 Å². The maximum atomic E-state index is 13.2. The standard InChI is InChI=1S/C26H21N3O3/c1-16-8-9-18(14-17(16)2)24-27-25(32-28-24)23-15-29(19-10-12-20(31-3)13-11-19)26(30)22-7-5-4-6-21(22)23/h4-15H,1-3H3. The molecule has 0 aliphatic rings. The van der Waals surface area contributed by atoms with Crippen molar-refractivity contribution in [2.45, 2.75) is 13.8 Å². The van der Waals surface area contributed by atoms with Crippen molar-refractivity contribution >= 4 is 10.8 Å². The number of aryl methyl sites for hydroxylation is 2. The predicted molar refractivity (Wildman–Crippen MR) is 124 cm³/mol. The molecule has 0 aliphatic heterocycles. The van der Waals surface area contributed by atoms with Crippen LogP contribution < -0.4 is 10.3 Å². The molecule has 0 amide bonds. The first-order chi connectivity index (χ1) is 15.5. The van der Waals surface area contributed by atoms with Crippen molar-refractivity contribution in [1.29, 1.82) is 0 Å². The van der Waals surface area contributed by atoms with Crippen molar-refractivity contribution < 1.29 is 9.26 Å². The Morgan fingerprint density at radius 2 is 1.66 bits per heavy atom. The first-order valence-corrected chi connectivity index (χ1v) is 10.3. The second-order valence-corrected chi connectivity index (χ2v) is 7.68. The van der Waals surface area contributed by atoms with Gasteiger partial charge < -0.3 is 9.26 Å². The van der Waals surface area contributed by atoms with Gasteiger partial charge in [-0.25, -0.2) is 0 Å². The maximum absolute atomic E-state index is 13.2. The molecule has 0 saturated carbocycles.